The molecule has 0 saturated carbocycles. The van der Waals surface area contributed by atoms with Gasteiger partial charge in [0.2, 0.25) is 0 Å². The van der Waals surface area contributed by atoms with E-state index in [4.69, 9.17) is 12.2 Å². The fourth-order valence-electron chi connectivity index (χ4n) is 1.83. The Labute approximate surface area is 113 Å². The minimum absolute atomic E-state index is 0.517. The molecule has 0 amide bonds. The van der Waals surface area contributed by atoms with Gasteiger partial charge in [0.1, 0.15) is 0 Å². The maximum Gasteiger partial charge on any atom is 0.191 e. The van der Waals surface area contributed by atoms with Gasteiger partial charge in [-0.25, -0.2) is 0 Å². The minimum atomic E-state index is 0.517. The van der Waals surface area contributed by atoms with Gasteiger partial charge in [-0.15, -0.1) is 0 Å². The maximum absolute atomic E-state index is 5.15. The van der Waals surface area contributed by atoms with E-state index in [1.165, 1.54) is 6.42 Å². The molecule has 1 atom stereocenters. The van der Waals surface area contributed by atoms with Gasteiger partial charge in [0.05, 0.1) is 0 Å². The van der Waals surface area contributed by atoms with E-state index in [9.17, 15) is 0 Å². The summed E-state index contributed by atoms with van der Waals surface area (Å²) in [6, 6.07) is 9.81. The summed E-state index contributed by atoms with van der Waals surface area (Å²) in [6.45, 7) is 0. The largest absolute Gasteiger partial charge is 0.331 e. The van der Waals surface area contributed by atoms with Crippen LogP contribution in [0.5, 0.6) is 0 Å². The highest BCUT2D eigenvalue weighted by atomic mass is 32.1. The number of rotatable bonds is 3. The molecule has 18 heavy (non-hydrogen) atoms. The van der Waals surface area contributed by atoms with E-state index in [2.05, 4.69) is 28.0 Å². The van der Waals surface area contributed by atoms with Crippen LogP contribution in [0.2, 0.25) is 0 Å². The standard InChI is InChI=1S/C14H17N3S/c18-14(16-13-9-5-2-6-10-13)17-15-11-12-7-3-1-4-8-12/h1-3,5-6,9-12H,4,7-8H2,(H2,16,17,18)/b15-11+/t12-/m1/s1. The normalized spacial score (nSPS) is 18.8. The van der Waals surface area contributed by atoms with Crippen molar-refractivity contribution in [2.45, 2.75) is 19.3 Å². The van der Waals surface area contributed by atoms with Gasteiger partial charge >= 0.3 is 0 Å². The molecule has 0 spiro atoms. The molecule has 0 aromatic heterocycles. The molecule has 1 aromatic rings. The Morgan fingerprint density at radius 2 is 2.11 bits per heavy atom. The van der Waals surface area contributed by atoms with Crippen molar-refractivity contribution in [1.82, 2.24) is 5.43 Å². The Morgan fingerprint density at radius 1 is 1.28 bits per heavy atom. The van der Waals surface area contributed by atoms with Gasteiger partial charge in [0.15, 0.2) is 5.11 Å². The number of anilines is 1. The molecule has 2 N–H and O–H groups in total. The Hall–Kier alpha value is -1.68. The topological polar surface area (TPSA) is 36.4 Å². The van der Waals surface area contributed by atoms with Crippen LogP contribution in [0.1, 0.15) is 19.3 Å². The Morgan fingerprint density at radius 3 is 2.83 bits per heavy atom. The first-order chi connectivity index (χ1) is 8.84. The molecule has 0 radical (unpaired) electrons. The van der Waals surface area contributed by atoms with Crippen LogP contribution >= 0.6 is 12.2 Å². The van der Waals surface area contributed by atoms with Gasteiger partial charge in [-0.3, -0.25) is 5.43 Å². The molecule has 0 heterocycles. The monoisotopic (exact) mass is 259 g/mol. The number of hydrazone groups is 1. The van der Waals surface area contributed by atoms with Crippen LogP contribution in [-0.4, -0.2) is 11.3 Å². The van der Waals surface area contributed by atoms with Gasteiger partial charge in [-0.2, -0.15) is 5.10 Å². The highest BCUT2D eigenvalue weighted by molar-refractivity contribution is 7.80. The smallest absolute Gasteiger partial charge is 0.191 e. The molecular weight excluding hydrogens is 242 g/mol. The molecule has 0 aliphatic heterocycles. The van der Waals surface area contributed by atoms with Crippen LogP contribution in [0.25, 0.3) is 0 Å². The zero-order chi connectivity index (χ0) is 12.6. The molecule has 1 aromatic carbocycles. The minimum Gasteiger partial charge on any atom is -0.331 e. The number of allylic oxidation sites excluding steroid dienone is 2. The van der Waals surface area contributed by atoms with Crippen molar-refractivity contribution in [1.29, 1.82) is 0 Å². The van der Waals surface area contributed by atoms with E-state index in [1.54, 1.807) is 0 Å². The number of para-hydroxylation sites is 1. The number of hydrogen-bond acceptors (Lipinski definition) is 2. The van der Waals surface area contributed by atoms with Crippen LogP contribution in [0, 0.1) is 5.92 Å². The van der Waals surface area contributed by atoms with Gasteiger partial charge in [-0.05, 0) is 49.5 Å². The fourth-order valence-corrected chi connectivity index (χ4v) is 2.00. The van der Waals surface area contributed by atoms with Crippen LogP contribution in [0.15, 0.2) is 47.6 Å². The number of benzene rings is 1. The third-order valence-electron chi connectivity index (χ3n) is 2.79. The summed E-state index contributed by atoms with van der Waals surface area (Å²) in [4.78, 5) is 0. The zero-order valence-electron chi connectivity index (χ0n) is 10.2. The third kappa shape index (κ3) is 4.30. The second-order valence-electron chi connectivity index (χ2n) is 4.25. The van der Waals surface area contributed by atoms with Crippen LogP contribution in [0.4, 0.5) is 5.69 Å². The van der Waals surface area contributed by atoms with E-state index in [-0.39, 0.29) is 0 Å². The summed E-state index contributed by atoms with van der Waals surface area (Å²) in [6.07, 6.45) is 9.76. The van der Waals surface area contributed by atoms with Crippen molar-refractivity contribution in [2.24, 2.45) is 11.0 Å². The maximum atomic E-state index is 5.15. The first kappa shape index (κ1) is 12.8. The third-order valence-corrected chi connectivity index (χ3v) is 2.99. The molecule has 1 aliphatic carbocycles. The van der Waals surface area contributed by atoms with Crippen LogP contribution < -0.4 is 10.7 Å². The summed E-state index contributed by atoms with van der Waals surface area (Å²) in [5.74, 6) is 0.530. The number of nitrogens with zero attached hydrogens (tertiary/aromatic N) is 1. The van der Waals surface area contributed by atoms with Crippen molar-refractivity contribution in [2.75, 3.05) is 5.32 Å². The highest BCUT2D eigenvalue weighted by Gasteiger charge is 2.06. The molecule has 4 heteroatoms. The Balaban J connectivity index is 1.74. The molecule has 0 unspecified atom stereocenters. The highest BCUT2D eigenvalue weighted by Crippen LogP contribution is 2.15. The van der Waals surface area contributed by atoms with E-state index in [0.717, 1.165) is 18.5 Å². The van der Waals surface area contributed by atoms with Crippen LogP contribution in [0.3, 0.4) is 0 Å². The lowest BCUT2D eigenvalue weighted by Crippen LogP contribution is -2.24. The molecule has 3 nitrogen and oxygen atoms in total. The van der Waals surface area contributed by atoms with E-state index >= 15 is 0 Å². The number of thiocarbonyl (C=S) groups is 1. The van der Waals surface area contributed by atoms with Crippen molar-refractivity contribution in [3.63, 3.8) is 0 Å². The van der Waals surface area contributed by atoms with Crippen molar-refractivity contribution in [3.05, 3.63) is 42.5 Å². The second-order valence-corrected chi connectivity index (χ2v) is 4.66. The molecule has 94 valence electrons. The average molecular weight is 259 g/mol. The first-order valence-corrected chi connectivity index (χ1v) is 6.55. The lowest BCUT2D eigenvalue weighted by atomic mass is 9.96. The Bertz CT molecular complexity index is 440. The predicted molar refractivity (Wildman–Crippen MR) is 80.8 cm³/mol. The lowest BCUT2D eigenvalue weighted by molar-refractivity contribution is 0.624. The average Bonchev–Trinajstić information content (AvgIpc) is 2.41. The van der Waals surface area contributed by atoms with E-state index < -0.39 is 0 Å². The summed E-state index contributed by atoms with van der Waals surface area (Å²) in [7, 11) is 0. The summed E-state index contributed by atoms with van der Waals surface area (Å²) in [5.41, 5.74) is 3.81. The predicted octanol–water partition coefficient (Wildman–Crippen LogP) is 3.32. The first-order valence-electron chi connectivity index (χ1n) is 6.15. The van der Waals surface area contributed by atoms with Gasteiger partial charge in [0, 0.05) is 11.9 Å². The SMILES string of the molecule is S=C(N/N=C/[C@@H]1CC=CCC1)Nc1ccccc1. The molecular formula is C14H17N3S. The van der Waals surface area contributed by atoms with E-state index in [1.807, 2.05) is 36.5 Å². The summed E-state index contributed by atoms with van der Waals surface area (Å²) in [5, 5.41) is 7.77. The van der Waals surface area contributed by atoms with E-state index in [0.29, 0.717) is 11.0 Å². The van der Waals surface area contributed by atoms with Crippen molar-refractivity contribution in [3.8, 4) is 0 Å². The molecule has 2 rings (SSSR count). The molecule has 0 bridgehead atoms. The molecule has 0 saturated heterocycles. The fraction of sp³-hybridized carbons (Fsp3) is 0.286. The van der Waals surface area contributed by atoms with Crippen molar-refractivity contribution >= 4 is 29.2 Å². The number of hydrogen-bond donors (Lipinski definition) is 2. The zero-order valence-corrected chi connectivity index (χ0v) is 11.0. The van der Waals surface area contributed by atoms with Crippen LogP contribution in [-0.2, 0) is 0 Å². The summed E-state index contributed by atoms with van der Waals surface area (Å²) < 4.78 is 0. The lowest BCUT2D eigenvalue weighted by Gasteiger charge is -2.12. The van der Waals surface area contributed by atoms with Gasteiger partial charge < -0.3 is 5.32 Å². The quantitative estimate of drug-likeness (QED) is 0.378. The van der Waals surface area contributed by atoms with Gasteiger partial charge in [0.25, 0.3) is 0 Å². The summed E-state index contributed by atoms with van der Waals surface area (Å²) >= 11 is 5.15. The van der Waals surface area contributed by atoms with Crippen molar-refractivity contribution < 1.29 is 0 Å². The van der Waals surface area contributed by atoms with Gasteiger partial charge in [-0.1, -0.05) is 30.4 Å². The molecule has 0 fully saturated rings. The Kier molecular flexibility index (Phi) is 4.90. The second kappa shape index (κ2) is 6.91. The molecule has 1 aliphatic rings. The number of nitrogens with one attached hydrogen (secondary N) is 2.